The van der Waals surface area contributed by atoms with Crippen molar-refractivity contribution in [2.75, 3.05) is 31.1 Å². The molecule has 5 heterocycles. The van der Waals surface area contributed by atoms with Crippen molar-refractivity contribution in [3.8, 4) is 11.4 Å². The Bertz CT molecular complexity index is 1180. The number of aryl methyl sites for hydroxylation is 1. The first-order chi connectivity index (χ1) is 14.7. The summed E-state index contributed by atoms with van der Waals surface area (Å²) in [7, 11) is 1.79. The molecule has 1 fully saturated rings. The van der Waals surface area contributed by atoms with Gasteiger partial charge in [-0.05, 0) is 36.8 Å². The van der Waals surface area contributed by atoms with Crippen LogP contribution in [-0.4, -0.2) is 71.6 Å². The molecular weight excluding hydrogens is 382 g/mol. The van der Waals surface area contributed by atoms with E-state index in [0.717, 1.165) is 24.3 Å². The summed E-state index contributed by atoms with van der Waals surface area (Å²) in [5, 5.41) is 17.4. The molecule has 5 rings (SSSR count). The zero-order valence-corrected chi connectivity index (χ0v) is 16.6. The Balaban J connectivity index is 1.38. The van der Waals surface area contributed by atoms with Crippen LogP contribution in [0.3, 0.4) is 0 Å². The summed E-state index contributed by atoms with van der Waals surface area (Å²) in [5.74, 6) is 1.50. The van der Waals surface area contributed by atoms with Crippen LogP contribution in [0, 0.1) is 0 Å². The third-order valence-electron chi connectivity index (χ3n) is 5.32. The highest BCUT2D eigenvalue weighted by Gasteiger charge is 2.23. The topological polar surface area (TPSA) is 97.3 Å². The van der Waals surface area contributed by atoms with E-state index in [4.69, 9.17) is 5.10 Å². The highest BCUT2D eigenvalue weighted by Crippen LogP contribution is 2.20. The number of hydrogen-bond acceptors (Lipinski definition) is 7. The van der Waals surface area contributed by atoms with Gasteiger partial charge in [-0.25, -0.2) is 0 Å². The van der Waals surface area contributed by atoms with E-state index in [2.05, 4.69) is 25.2 Å². The molecule has 0 saturated carbocycles. The van der Waals surface area contributed by atoms with E-state index in [1.54, 1.807) is 40.9 Å². The van der Waals surface area contributed by atoms with Crippen molar-refractivity contribution in [2.24, 2.45) is 7.05 Å². The van der Waals surface area contributed by atoms with Gasteiger partial charge < -0.3 is 9.80 Å². The number of carbonyl (C=O) groups is 1. The molecule has 1 amide bonds. The van der Waals surface area contributed by atoms with Crippen LogP contribution in [-0.2, 0) is 7.05 Å². The summed E-state index contributed by atoms with van der Waals surface area (Å²) in [4.78, 5) is 21.1. The minimum Gasteiger partial charge on any atom is -0.353 e. The summed E-state index contributed by atoms with van der Waals surface area (Å²) in [5.41, 5.74) is 2.15. The first kappa shape index (κ1) is 18.2. The maximum absolute atomic E-state index is 12.8. The van der Waals surface area contributed by atoms with Gasteiger partial charge in [0.1, 0.15) is 11.5 Å². The molecule has 0 spiro atoms. The SMILES string of the molecule is Cn1nccc1C(=O)N1CCCN(c2ccc3nnc(-c4cccnc4)n3n2)CC1. The van der Waals surface area contributed by atoms with E-state index in [1.807, 2.05) is 29.2 Å². The minimum atomic E-state index is 0.0120. The van der Waals surface area contributed by atoms with Gasteiger partial charge in [0, 0.05) is 57.4 Å². The van der Waals surface area contributed by atoms with Crippen molar-refractivity contribution in [2.45, 2.75) is 6.42 Å². The van der Waals surface area contributed by atoms with Gasteiger partial charge in [0.15, 0.2) is 11.5 Å². The quantitative estimate of drug-likeness (QED) is 0.508. The third-order valence-corrected chi connectivity index (χ3v) is 5.32. The van der Waals surface area contributed by atoms with Crippen molar-refractivity contribution in [3.63, 3.8) is 0 Å². The Morgan fingerprint density at radius 3 is 2.73 bits per heavy atom. The van der Waals surface area contributed by atoms with Crippen molar-refractivity contribution in [1.29, 1.82) is 0 Å². The maximum atomic E-state index is 12.8. The highest BCUT2D eigenvalue weighted by atomic mass is 16.2. The standard InChI is InChI=1S/C20H21N9O/c1-26-16(7-9-22-26)20(30)28-11-3-10-27(12-13-28)18-6-5-17-23-24-19(29(17)25-18)15-4-2-8-21-14-15/h2,4-9,14H,3,10-13H2,1H3. The van der Waals surface area contributed by atoms with Crippen LogP contribution in [0.25, 0.3) is 17.0 Å². The summed E-state index contributed by atoms with van der Waals surface area (Å²) >= 11 is 0. The Morgan fingerprint density at radius 2 is 1.93 bits per heavy atom. The second-order valence-electron chi connectivity index (χ2n) is 7.20. The van der Waals surface area contributed by atoms with E-state index >= 15 is 0 Å². The Labute approximate surface area is 172 Å². The second-order valence-corrected chi connectivity index (χ2v) is 7.20. The summed E-state index contributed by atoms with van der Waals surface area (Å²) in [6, 6.07) is 9.43. The second kappa shape index (κ2) is 7.54. The Morgan fingerprint density at radius 1 is 1.00 bits per heavy atom. The van der Waals surface area contributed by atoms with Gasteiger partial charge in [0.05, 0.1) is 0 Å². The molecule has 0 radical (unpaired) electrons. The van der Waals surface area contributed by atoms with Gasteiger partial charge >= 0.3 is 0 Å². The van der Waals surface area contributed by atoms with Crippen LogP contribution in [0.15, 0.2) is 48.9 Å². The number of aromatic nitrogens is 7. The molecule has 0 bridgehead atoms. The number of rotatable bonds is 3. The number of pyridine rings is 1. The zero-order valence-electron chi connectivity index (χ0n) is 16.6. The lowest BCUT2D eigenvalue weighted by molar-refractivity contribution is 0.0756. The van der Waals surface area contributed by atoms with Gasteiger partial charge in [0.25, 0.3) is 5.91 Å². The predicted octanol–water partition coefficient (Wildman–Crippen LogP) is 1.27. The Hall–Kier alpha value is -3.82. The van der Waals surface area contributed by atoms with Crippen LogP contribution < -0.4 is 4.90 Å². The predicted molar refractivity (Wildman–Crippen MR) is 110 cm³/mol. The molecule has 0 unspecified atom stereocenters. The molecule has 4 aromatic heterocycles. The number of amides is 1. The first-order valence-corrected chi connectivity index (χ1v) is 9.86. The van der Waals surface area contributed by atoms with E-state index in [9.17, 15) is 4.79 Å². The fourth-order valence-corrected chi connectivity index (χ4v) is 3.72. The minimum absolute atomic E-state index is 0.0120. The molecule has 30 heavy (non-hydrogen) atoms. The normalized spacial score (nSPS) is 14.8. The van der Waals surface area contributed by atoms with Crippen LogP contribution in [0.1, 0.15) is 16.9 Å². The molecule has 152 valence electrons. The molecule has 1 saturated heterocycles. The van der Waals surface area contributed by atoms with Crippen molar-refractivity contribution < 1.29 is 4.79 Å². The van der Waals surface area contributed by atoms with E-state index < -0.39 is 0 Å². The maximum Gasteiger partial charge on any atom is 0.272 e. The van der Waals surface area contributed by atoms with Crippen molar-refractivity contribution in [1.82, 2.24) is 39.5 Å². The molecule has 0 aromatic carbocycles. The number of hydrogen-bond donors (Lipinski definition) is 0. The molecular formula is C20H21N9O. The summed E-state index contributed by atoms with van der Waals surface area (Å²) < 4.78 is 3.36. The third kappa shape index (κ3) is 3.25. The lowest BCUT2D eigenvalue weighted by Gasteiger charge is -2.22. The number of fused-ring (bicyclic) bond motifs is 1. The molecule has 0 atom stereocenters. The van der Waals surface area contributed by atoms with Gasteiger partial charge in [-0.3, -0.25) is 14.5 Å². The number of nitrogens with zero attached hydrogens (tertiary/aromatic N) is 9. The molecule has 10 heteroatoms. The fourth-order valence-electron chi connectivity index (χ4n) is 3.72. The largest absolute Gasteiger partial charge is 0.353 e. The average Bonchev–Trinajstić information content (AvgIpc) is 3.32. The van der Waals surface area contributed by atoms with E-state index in [0.29, 0.717) is 36.8 Å². The molecule has 0 N–H and O–H groups in total. The number of anilines is 1. The highest BCUT2D eigenvalue weighted by molar-refractivity contribution is 5.92. The lowest BCUT2D eigenvalue weighted by atomic mass is 10.3. The van der Waals surface area contributed by atoms with Crippen molar-refractivity contribution >= 4 is 17.4 Å². The van der Waals surface area contributed by atoms with Gasteiger partial charge in [-0.2, -0.15) is 9.61 Å². The van der Waals surface area contributed by atoms with Crippen molar-refractivity contribution in [3.05, 3.63) is 54.6 Å². The molecule has 10 nitrogen and oxygen atoms in total. The van der Waals surface area contributed by atoms with Crippen LogP contribution in [0.4, 0.5) is 5.82 Å². The van der Waals surface area contributed by atoms with Gasteiger partial charge in [-0.15, -0.1) is 15.3 Å². The zero-order chi connectivity index (χ0) is 20.5. The van der Waals surface area contributed by atoms with E-state index in [-0.39, 0.29) is 5.91 Å². The van der Waals surface area contributed by atoms with Gasteiger partial charge in [0.2, 0.25) is 0 Å². The average molecular weight is 403 g/mol. The Kier molecular flexibility index (Phi) is 4.58. The van der Waals surface area contributed by atoms with Crippen LogP contribution >= 0.6 is 0 Å². The summed E-state index contributed by atoms with van der Waals surface area (Å²) in [6.07, 6.45) is 5.98. The molecule has 4 aromatic rings. The van der Waals surface area contributed by atoms with Crippen LogP contribution in [0.5, 0.6) is 0 Å². The first-order valence-electron chi connectivity index (χ1n) is 9.86. The lowest BCUT2D eigenvalue weighted by Crippen LogP contribution is -2.36. The monoisotopic (exact) mass is 403 g/mol. The molecule has 1 aliphatic rings. The number of carbonyl (C=O) groups excluding carboxylic acids is 1. The molecule has 1 aliphatic heterocycles. The van der Waals surface area contributed by atoms with Gasteiger partial charge in [-0.1, -0.05) is 0 Å². The smallest absolute Gasteiger partial charge is 0.272 e. The van der Waals surface area contributed by atoms with E-state index in [1.165, 1.54) is 0 Å². The van der Waals surface area contributed by atoms with Crippen LogP contribution in [0.2, 0.25) is 0 Å². The fraction of sp³-hybridized carbons (Fsp3) is 0.300. The molecule has 0 aliphatic carbocycles. The summed E-state index contributed by atoms with van der Waals surface area (Å²) in [6.45, 7) is 2.85.